The third kappa shape index (κ3) is 4.83. The van der Waals surface area contributed by atoms with Crippen LogP contribution in [0.25, 0.3) is 0 Å². The minimum absolute atomic E-state index is 0.104. The Balaban J connectivity index is 1.83. The van der Waals surface area contributed by atoms with Crippen molar-refractivity contribution in [1.29, 1.82) is 0 Å². The number of hydrogen-bond donors (Lipinski definition) is 0. The Morgan fingerprint density at radius 2 is 1.93 bits per heavy atom. The van der Waals surface area contributed by atoms with Crippen LogP contribution in [0.5, 0.6) is 5.75 Å². The number of anilines is 1. The number of nitrogens with zero attached hydrogens (tertiary/aromatic N) is 2. The molecule has 6 heteroatoms. The Morgan fingerprint density at radius 3 is 2.56 bits per heavy atom. The number of Topliss-reactive ketones (excluding diaryl/α,β-unsaturated/α-hetero) is 1. The molecule has 4 nitrogen and oxygen atoms in total. The lowest BCUT2D eigenvalue weighted by Gasteiger charge is -2.23. The van der Waals surface area contributed by atoms with Gasteiger partial charge in [0.05, 0.1) is 18.7 Å². The second-order valence-electron chi connectivity index (χ2n) is 5.94. The molecule has 1 aromatic heterocycles. The highest BCUT2D eigenvalue weighted by Gasteiger charge is 2.16. The molecule has 0 spiro atoms. The molecule has 27 heavy (non-hydrogen) atoms. The first kappa shape index (κ1) is 18.9. The maximum Gasteiger partial charge on any atom is 0.182 e. The molecule has 3 rings (SSSR count). The van der Waals surface area contributed by atoms with Crippen molar-refractivity contribution < 1.29 is 13.9 Å². The highest BCUT2D eigenvalue weighted by Crippen LogP contribution is 2.25. The van der Waals surface area contributed by atoms with Gasteiger partial charge in [0.2, 0.25) is 0 Å². The van der Waals surface area contributed by atoms with Crippen LogP contribution in [-0.4, -0.2) is 24.4 Å². The third-order valence-electron chi connectivity index (χ3n) is 4.07. The summed E-state index contributed by atoms with van der Waals surface area (Å²) < 4.78 is 18.3. The Kier molecular flexibility index (Phi) is 6.04. The summed E-state index contributed by atoms with van der Waals surface area (Å²) in [7, 11) is 1.52. The molecule has 0 saturated heterocycles. The van der Waals surface area contributed by atoms with Crippen molar-refractivity contribution in [2.24, 2.45) is 0 Å². The van der Waals surface area contributed by atoms with Crippen LogP contribution in [0.1, 0.15) is 15.9 Å². The standard InChI is InChI=1S/C21H18ClFN2O2/c1-27-20-10-7-16(12-18(20)22)19(26)14-25(21-4-2-3-11-24-21)13-15-5-8-17(23)9-6-15/h2-12H,13-14H2,1H3. The van der Waals surface area contributed by atoms with Crippen molar-refractivity contribution >= 4 is 23.2 Å². The van der Waals surface area contributed by atoms with E-state index in [1.54, 1.807) is 36.5 Å². The summed E-state index contributed by atoms with van der Waals surface area (Å²) in [6, 6.07) is 16.6. The van der Waals surface area contributed by atoms with E-state index in [1.165, 1.54) is 19.2 Å². The van der Waals surface area contributed by atoms with E-state index in [0.717, 1.165) is 5.56 Å². The summed E-state index contributed by atoms with van der Waals surface area (Å²) >= 11 is 6.13. The van der Waals surface area contributed by atoms with Gasteiger partial charge in [-0.25, -0.2) is 9.37 Å². The number of ether oxygens (including phenoxy) is 1. The van der Waals surface area contributed by atoms with E-state index in [0.29, 0.717) is 28.7 Å². The molecule has 1 heterocycles. The molecule has 2 aromatic carbocycles. The first-order chi connectivity index (χ1) is 13.1. The van der Waals surface area contributed by atoms with E-state index < -0.39 is 0 Å². The molecular weight excluding hydrogens is 367 g/mol. The van der Waals surface area contributed by atoms with Crippen LogP contribution in [0.3, 0.4) is 0 Å². The van der Waals surface area contributed by atoms with Crippen molar-refractivity contribution in [2.45, 2.75) is 6.54 Å². The zero-order valence-electron chi connectivity index (χ0n) is 14.7. The van der Waals surface area contributed by atoms with Crippen LogP contribution in [0.2, 0.25) is 5.02 Å². The van der Waals surface area contributed by atoms with Gasteiger partial charge in [-0.1, -0.05) is 29.8 Å². The van der Waals surface area contributed by atoms with E-state index in [2.05, 4.69) is 4.98 Å². The van der Waals surface area contributed by atoms with Gasteiger partial charge in [0.25, 0.3) is 0 Å². The van der Waals surface area contributed by atoms with Gasteiger partial charge < -0.3 is 9.64 Å². The molecule has 138 valence electrons. The number of aromatic nitrogens is 1. The minimum atomic E-state index is -0.299. The van der Waals surface area contributed by atoms with Gasteiger partial charge in [0.15, 0.2) is 5.78 Å². The van der Waals surface area contributed by atoms with Crippen LogP contribution in [0, 0.1) is 5.82 Å². The number of pyridine rings is 1. The number of methoxy groups -OCH3 is 1. The fourth-order valence-corrected chi connectivity index (χ4v) is 2.93. The van der Waals surface area contributed by atoms with Gasteiger partial charge in [0.1, 0.15) is 17.4 Å². The van der Waals surface area contributed by atoms with Gasteiger partial charge in [-0.3, -0.25) is 4.79 Å². The molecule has 0 bridgehead atoms. The average Bonchev–Trinajstić information content (AvgIpc) is 2.69. The van der Waals surface area contributed by atoms with Crippen molar-refractivity contribution in [3.05, 3.63) is 88.8 Å². The lowest BCUT2D eigenvalue weighted by Crippen LogP contribution is -2.30. The molecule has 0 saturated carbocycles. The summed E-state index contributed by atoms with van der Waals surface area (Å²) in [4.78, 5) is 19.0. The van der Waals surface area contributed by atoms with E-state index in [-0.39, 0.29) is 18.1 Å². The lowest BCUT2D eigenvalue weighted by molar-refractivity contribution is 0.0998. The average molecular weight is 385 g/mol. The number of ketones is 1. The fourth-order valence-electron chi connectivity index (χ4n) is 2.67. The number of benzene rings is 2. The fraction of sp³-hybridized carbons (Fsp3) is 0.143. The number of hydrogen-bond acceptors (Lipinski definition) is 4. The van der Waals surface area contributed by atoms with Crippen LogP contribution < -0.4 is 9.64 Å². The van der Waals surface area contributed by atoms with Gasteiger partial charge in [-0.2, -0.15) is 0 Å². The second kappa shape index (κ2) is 8.64. The number of carbonyl (C=O) groups excluding carboxylic acids is 1. The Hall–Kier alpha value is -2.92. The molecule has 0 fully saturated rings. The maximum atomic E-state index is 13.2. The highest BCUT2D eigenvalue weighted by molar-refractivity contribution is 6.32. The normalized spacial score (nSPS) is 10.5. The molecule has 0 aliphatic heterocycles. The van der Waals surface area contributed by atoms with Gasteiger partial charge in [0, 0.05) is 18.3 Å². The highest BCUT2D eigenvalue weighted by atomic mass is 35.5. The number of rotatable bonds is 7. The van der Waals surface area contributed by atoms with Crippen LogP contribution in [0.4, 0.5) is 10.2 Å². The van der Waals surface area contributed by atoms with Crippen molar-refractivity contribution in [1.82, 2.24) is 4.98 Å². The largest absolute Gasteiger partial charge is 0.495 e. The summed E-state index contributed by atoms with van der Waals surface area (Å²) in [6.45, 7) is 0.532. The second-order valence-corrected chi connectivity index (χ2v) is 6.35. The first-order valence-corrected chi connectivity index (χ1v) is 8.72. The van der Waals surface area contributed by atoms with Crippen molar-refractivity contribution in [2.75, 3.05) is 18.6 Å². The van der Waals surface area contributed by atoms with Gasteiger partial charge in [-0.05, 0) is 48.0 Å². The summed E-state index contributed by atoms with van der Waals surface area (Å²) in [6.07, 6.45) is 1.67. The molecule has 0 atom stereocenters. The molecule has 0 aliphatic carbocycles. The SMILES string of the molecule is COc1ccc(C(=O)CN(Cc2ccc(F)cc2)c2ccccn2)cc1Cl. The zero-order chi connectivity index (χ0) is 19.2. The molecule has 3 aromatic rings. The molecule has 0 aliphatic rings. The minimum Gasteiger partial charge on any atom is -0.495 e. The molecule has 0 radical (unpaired) electrons. The summed E-state index contributed by atoms with van der Waals surface area (Å²) in [5.74, 6) is 0.773. The van der Waals surface area contributed by atoms with E-state index in [9.17, 15) is 9.18 Å². The Labute approximate surface area is 162 Å². The van der Waals surface area contributed by atoms with E-state index in [4.69, 9.17) is 16.3 Å². The monoisotopic (exact) mass is 384 g/mol. The number of halogens is 2. The Morgan fingerprint density at radius 1 is 1.15 bits per heavy atom. The molecule has 0 amide bonds. The smallest absolute Gasteiger partial charge is 0.182 e. The van der Waals surface area contributed by atoms with E-state index in [1.807, 2.05) is 23.1 Å². The third-order valence-corrected chi connectivity index (χ3v) is 4.36. The van der Waals surface area contributed by atoms with Crippen molar-refractivity contribution in [3.63, 3.8) is 0 Å². The quantitative estimate of drug-likeness (QED) is 0.550. The van der Waals surface area contributed by atoms with E-state index >= 15 is 0 Å². The topological polar surface area (TPSA) is 42.4 Å². The van der Waals surface area contributed by atoms with Gasteiger partial charge in [-0.15, -0.1) is 0 Å². The molecule has 0 N–H and O–H groups in total. The maximum absolute atomic E-state index is 13.2. The van der Waals surface area contributed by atoms with Crippen LogP contribution >= 0.6 is 11.6 Å². The van der Waals surface area contributed by atoms with Gasteiger partial charge >= 0.3 is 0 Å². The zero-order valence-corrected chi connectivity index (χ0v) is 15.5. The van der Waals surface area contributed by atoms with Crippen LogP contribution in [0.15, 0.2) is 66.9 Å². The van der Waals surface area contributed by atoms with Crippen molar-refractivity contribution in [3.8, 4) is 5.75 Å². The predicted molar refractivity (Wildman–Crippen MR) is 104 cm³/mol. The molecular formula is C21H18ClFN2O2. The summed E-state index contributed by atoms with van der Waals surface area (Å²) in [5.41, 5.74) is 1.36. The van der Waals surface area contributed by atoms with Crippen LogP contribution in [-0.2, 0) is 6.54 Å². The predicted octanol–water partition coefficient (Wildman–Crippen LogP) is 4.77. The Bertz CT molecular complexity index is 917. The molecule has 0 unspecified atom stereocenters. The lowest BCUT2D eigenvalue weighted by atomic mass is 10.1. The first-order valence-electron chi connectivity index (χ1n) is 8.34. The summed E-state index contributed by atoms with van der Waals surface area (Å²) in [5, 5.41) is 0.381. The number of carbonyl (C=O) groups is 1.